The second kappa shape index (κ2) is 11.5. The van der Waals surface area contributed by atoms with Crippen LogP contribution < -0.4 is 0 Å². The van der Waals surface area contributed by atoms with Crippen LogP contribution in [0.3, 0.4) is 0 Å². The Morgan fingerprint density at radius 3 is 2.24 bits per heavy atom. The molecular formula is C27H29ClF3N3O3. The minimum atomic E-state index is -4.69. The molecule has 198 valence electrons. The van der Waals surface area contributed by atoms with E-state index in [0.29, 0.717) is 11.4 Å². The van der Waals surface area contributed by atoms with E-state index in [0.717, 1.165) is 22.4 Å². The third kappa shape index (κ3) is 6.63. The number of benzene rings is 2. The molecule has 0 saturated heterocycles. The molecule has 0 spiro atoms. The summed E-state index contributed by atoms with van der Waals surface area (Å²) in [6.07, 6.45) is -1.95. The number of carboxylic acids is 1. The zero-order valence-corrected chi connectivity index (χ0v) is 20.9. The van der Waals surface area contributed by atoms with Gasteiger partial charge in [0.05, 0.1) is 5.92 Å². The Morgan fingerprint density at radius 1 is 1.00 bits per heavy atom. The van der Waals surface area contributed by atoms with Crippen LogP contribution in [0.5, 0.6) is 0 Å². The number of rotatable bonds is 8. The van der Waals surface area contributed by atoms with E-state index in [9.17, 15) is 27.9 Å². The summed E-state index contributed by atoms with van der Waals surface area (Å²) in [6.45, 7) is 0.381. The minimum Gasteiger partial charge on any atom is -0.481 e. The highest BCUT2D eigenvalue weighted by Crippen LogP contribution is 2.39. The van der Waals surface area contributed by atoms with Gasteiger partial charge in [-0.1, -0.05) is 54.1 Å². The van der Waals surface area contributed by atoms with Gasteiger partial charge in [0.15, 0.2) is 6.04 Å². The molecule has 1 fully saturated rings. The number of aliphatic carboxylic acids is 1. The van der Waals surface area contributed by atoms with E-state index < -0.39 is 42.0 Å². The summed E-state index contributed by atoms with van der Waals surface area (Å²) in [7, 11) is 0. The maximum atomic E-state index is 14.4. The Bertz CT molecular complexity index is 1100. The summed E-state index contributed by atoms with van der Waals surface area (Å²) in [5, 5.41) is 14.8. The molecule has 4 rings (SSSR count). The van der Waals surface area contributed by atoms with Crippen molar-refractivity contribution in [2.24, 2.45) is 16.9 Å². The molecule has 2 unspecified atom stereocenters. The number of hydrogen-bond acceptors (Lipinski definition) is 4. The van der Waals surface area contributed by atoms with Crippen molar-refractivity contribution in [1.29, 1.82) is 0 Å². The standard InChI is InChI=1S/C27H29ClF3N3O3/c28-21-10-6-19(7-11-21)17-33(15-14-18-4-2-1-3-5-18)25(35)23-16-32-34(24(23)27(29,30)31)22-12-8-20(9-13-22)26(36)37/h1-7,10-11,16,20,22-24H,8-9,12-15,17H2,(H,36,37). The highest BCUT2D eigenvalue weighted by Gasteiger charge is 2.55. The van der Waals surface area contributed by atoms with Gasteiger partial charge in [-0.2, -0.15) is 18.3 Å². The van der Waals surface area contributed by atoms with Crippen molar-refractivity contribution in [2.75, 3.05) is 6.54 Å². The van der Waals surface area contributed by atoms with Crippen molar-refractivity contribution in [3.05, 3.63) is 70.7 Å². The van der Waals surface area contributed by atoms with E-state index in [4.69, 9.17) is 11.6 Å². The van der Waals surface area contributed by atoms with Crippen molar-refractivity contribution in [3.8, 4) is 0 Å². The lowest BCUT2D eigenvalue weighted by Crippen LogP contribution is -2.53. The number of carboxylic acid groups (broad SMARTS) is 1. The molecule has 2 aromatic carbocycles. The van der Waals surface area contributed by atoms with Gasteiger partial charge in [0.2, 0.25) is 5.91 Å². The Hall–Kier alpha value is -3.07. The van der Waals surface area contributed by atoms with Crippen LogP contribution in [0, 0.1) is 11.8 Å². The highest BCUT2D eigenvalue weighted by molar-refractivity contribution is 6.30. The lowest BCUT2D eigenvalue weighted by atomic mass is 9.85. The Kier molecular flexibility index (Phi) is 8.42. The summed E-state index contributed by atoms with van der Waals surface area (Å²) in [5.74, 6) is -3.61. The van der Waals surface area contributed by atoms with E-state index in [1.807, 2.05) is 30.3 Å². The number of amides is 1. The molecule has 1 N–H and O–H groups in total. The maximum absolute atomic E-state index is 14.4. The van der Waals surface area contributed by atoms with E-state index in [-0.39, 0.29) is 38.8 Å². The molecule has 1 aliphatic heterocycles. The van der Waals surface area contributed by atoms with Gasteiger partial charge in [-0.3, -0.25) is 14.6 Å². The van der Waals surface area contributed by atoms with Gasteiger partial charge in [-0.05, 0) is 55.4 Å². The number of halogens is 4. The third-order valence-corrected chi connectivity index (χ3v) is 7.39. The molecule has 2 aliphatic rings. The molecule has 1 amide bonds. The van der Waals surface area contributed by atoms with Crippen molar-refractivity contribution < 1.29 is 27.9 Å². The van der Waals surface area contributed by atoms with Crippen LogP contribution in [0.4, 0.5) is 13.2 Å². The fourth-order valence-corrected chi connectivity index (χ4v) is 5.25. The van der Waals surface area contributed by atoms with E-state index in [2.05, 4.69) is 5.10 Å². The number of hydrazone groups is 1. The Labute approximate surface area is 218 Å². The van der Waals surface area contributed by atoms with Gasteiger partial charge in [0.25, 0.3) is 0 Å². The normalized spacial score (nSPS) is 23.7. The maximum Gasteiger partial charge on any atom is 0.411 e. The summed E-state index contributed by atoms with van der Waals surface area (Å²) in [5.41, 5.74) is 1.73. The summed E-state index contributed by atoms with van der Waals surface area (Å²) >= 11 is 5.98. The fourth-order valence-electron chi connectivity index (χ4n) is 5.12. The van der Waals surface area contributed by atoms with Gasteiger partial charge in [-0.25, -0.2) is 0 Å². The second-order valence-electron chi connectivity index (χ2n) is 9.62. The topological polar surface area (TPSA) is 73.2 Å². The molecule has 0 aromatic heterocycles. The molecule has 2 aromatic rings. The number of alkyl halides is 3. The van der Waals surface area contributed by atoms with Crippen LogP contribution in [0.2, 0.25) is 5.02 Å². The first-order valence-electron chi connectivity index (χ1n) is 12.3. The van der Waals surface area contributed by atoms with Crippen LogP contribution in [0.15, 0.2) is 59.7 Å². The number of carbonyl (C=O) groups excluding carboxylic acids is 1. The quantitative estimate of drug-likeness (QED) is 0.491. The van der Waals surface area contributed by atoms with Crippen LogP contribution in [-0.4, -0.2) is 57.9 Å². The van der Waals surface area contributed by atoms with Crippen molar-refractivity contribution in [3.63, 3.8) is 0 Å². The zero-order valence-electron chi connectivity index (χ0n) is 20.1. The monoisotopic (exact) mass is 535 g/mol. The molecule has 1 saturated carbocycles. The average molecular weight is 536 g/mol. The summed E-state index contributed by atoms with van der Waals surface area (Å²) < 4.78 is 43.1. The molecular weight excluding hydrogens is 507 g/mol. The lowest BCUT2D eigenvalue weighted by molar-refractivity contribution is -0.198. The van der Waals surface area contributed by atoms with Crippen LogP contribution in [0.1, 0.15) is 36.8 Å². The first kappa shape index (κ1) is 27.0. The number of nitrogens with zero attached hydrogens (tertiary/aromatic N) is 3. The zero-order chi connectivity index (χ0) is 26.6. The van der Waals surface area contributed by atoms with Gasteiger partial charge in [0, 0.05) is 30.4 Å². The number of carbonyl (C=O) groups is 2. The molecule has 6 nitrogen and oxygen atoms in total. The summed E-state index contributed by atoms with van der Waals surface area (Å²) in [6, 6.07) is 13.7. The molecule has 0 bridgehead atoms. The van der Waals surface area contributed by atoms with Gasteiger partial charge in [0.1, 0.15) is 5.92 Å². The predicted molar refractivity (Wildman–Crippen MR) is 134 cm³/mol. The molecule has 10 heteroatoms. The fraction of sp³-hybridized carbons (Fsp3) is 0.444. The van der Waals surface area contributed by atoms with Gasteiger partial charge >= 0.3 is 12.1 Å². The van der Waals surface area contributed by atoms with Gasteiger partial charge < -0.3 is 10.0 Å². The highest BCUT2D eigenvalue weighted by atomic mass is 35.5. The van der Waals surface area contributed by atoms with E-state index in [1.54, 1.807) is 24.3 Å². The smallest absolute Gasteiger partial charge is 0.411 e. The SMILES string of the molecule is O=C(O)C1CCC(N2N=CC(C(=O)N(CCc3ccccc3)Cc3ccc(Cl)cc3)C2C(F)(F)F)CC1. The lowest BCUT2D eigenvalue weighted by Gasteiger charge is -2.38. The molecule has 1 aliphatic carbocycles. The van der Waals surface area contributed by atoms with Crippen molar-refractivity contribution in [1.82, 2.24) is 9.91 Å². The van der Waals surface area contributed by atoms with E-state index >= 15 is 0 Å². The van der Waals surface area contributed by atoms with Crippen LogP contribution >= 0.6 is 11.6 Å². The molecule has 0 radical (unpaired) electrons. The largest absolute Gasteiger partial charge is 0.481 e. The Balaban J connectivity index is 1.54. The average Bonchev–Trinajstić information content (AvgIpc) is 3.34. The minimum absolute atomic E-state index is 0.140. The second-order valence-corrected chi connectivity index (χ2v) is 10.1. The first-order chi connectivity index (χ1) is 17.6. The summed E-state index contributed by atoms with van der Waals surface area (Å²) in [4.78, 5) is 26.4. The number of hydrogen-bond donors (Lipinski definition) is 1. The van der Waals surface area contributed by atoms with E-state index in [1.165, 1.54) is 4.90 Å². The third-order valence-electron chi connectivity index (χ3n) is 7.14. The molecule has 37 heavy (non-hydrogen) atoms. The Morgan fingerprint density at radius 2 is 1.65 bits per heavy atom. The van der Waals surface area contributed by atoms with Crippen LogP contribution in [0.25, 0.3) is 0 Å². The predicted octanol–water partition coefficient (Wildman–Crippen LogP) is 5.40. The van der Waals surface area contributed by atoms with Crippen LogP contribution in [-0.2, 0) is 22.6 Å². The first-order valence-corrected chi connectivity index (χ1v) is 12.7. The van der Waals surface area contributed by atoms with Gasteiger partial charge in [-0.15, -0.1) is 0 Å². The molecule has 1 heterocycles. The van der Waals surface area contributed by atoms with Crippen molar-refractivity contribution >= 4 is 29.7 Å². The molecule has 2 atom stereocenters. The van der Waals surface area contributed by atoms with Crippen molar-refractivity contribution in [2.45, 2.75) is 56.9 Å².